The van der Waals surface area contributed by atoms with E-state index >= 15 is 0 Å². The second-order valence-electron chi connectivity index (χ2n) is 3.36. The molecule has 0 unspecified atom stereocenters. The van der Waals surface area contributed by atoms with Gasteiger partial charge in [0, 0.05) is 16.2 Å². The minimum absolute atomic E-state index is 0.198. The minimum Gasteiger partial charge on any atom is -0.496 e. The molecule has 0 fully saturated rings. The smallest absolute Gasteiger partial charge is 0.232 e. The SMILES string of the molecule is COc1c(CCS(=O)(=O)Cl)ccc(F)c1C. The van der Waals surface area contributed by atoms with E-state index in [-0.39, 0.29) is 18.0 Å². The first kappa shape index (κ1) is 13.3. The van der Waals surface area contributed by atoms with Gasteiger partial charge in [-0.3, -0.25) is 0 Å². The minimum atomic E-state index is -3.55. The Labute approximate surface area is 98.6 Å². The summed E-state index contributed by atoms with van der Waals surface area (Å²) in [6.07, 6.45) is 0.204. The van der Waals surface area contributed by atoms with Gasteiger partial charge in [-0.1, -0.05) is 6.07 Å². The van der Waals surface area contributed by atoms with Crippen molar-refractivity contribution in [2.45, 2.75) is 13.3 Å². The Bertz CT molecular complexity index is 485. The van der Waals surface area contributed by atoms with Crippen molar-refractivity contribution in [1.82, 2.24) is 0 Å². The first-order chi connectivity index (χ1) is 7.35. The van der Waals surface area contributed by atoms with Crippen molar-refractivity contribution in [1.29, 1.82) is 0 Å². The quantitative estimate of drug-likeness (QED) is 0.785. The number of benzene rings is 1. The number of rotatable bonds is 4. The molecule has 0 aromatic heterocycles. The average Bonchev–Trinajstić information content (AvgIpc) is 2.18. The highest BCUT2D eigenvalue weighted by atomic mass is 35.7. The van der Waals surface area contributed by atoms with Gasteiger partial charge >= 0.3 is 0 Å². The maximum Gasteiger partial charge on any atom is 0.232 e. The van der Waals surface area contributed by atoms with Crippen LogP contribution in [0.1, 0.15) is 11.1 Å². The van der Waals surface area contributed by atoms with Crippen LogP contribution in [0.5, 0.6) is 5.75 Å². The first-order valence-corrected chi connectivity index (χ1v) is 7.07. The fourth-order valence-electron chi connectivity index (χ4n) is 1.44. The number of hydrogen-bond acceptors (Lipinski definition) is 3. The molecule has 0 saturated carbocycles. The Morgan fingerprint density at radius 3 is 2.56 bits per heavy atom. The lowest BCUT2D eigenvalue weighted by Crippen LogP contribution is -2.04. The summed E-state index contributed by atoms with van der Waals surface area (Å²) in [5.41, 5.74) is 0.998. The van der Waals surface area contributed by atoms with Crippen molar-refractivity contribution in [2.75, 3.05) is 12.9 Å². The first-order valence-electron chi connectivity index (χ1n) is 4.59. The Morgan fingerprint density at radius 2 is 2.06 bits per heavy atom. The second kappa shape index (κ2) is 5.01. The predicted octanol–water partition coefficient (Wildman–Crippen LogP) is 2.25. The largest absolute Gasteiger partial charge is 0.496 e. The number of methoxy groups -OCH3 is 1. The molecule has 0 aliphatic rings. The van der Waals surface area contributed by atoms with E-state index in [2.05, 4.69) is 0 Å². The van der Waals surface area contributed by atoms with E-state index in [4.69, 9.17) is 15.4 Å². The van der Waals surface area contributed by atoms with E-state index in [1.54, 1.807) is 6.92 Å². The third kappa shape index (κ3) is 3.35. The number of aryl methyl sites for hydroxylation is 1. The van der Waals surface area contributed by atoms with Gasteiger partial charge in [-0.05, 0) is 25.0 Å². The molecule has 6 heteroatoms. The van der Waals surface area contributed by atoms with Crippen LogP contribution in [0.25, 0.3) is 0 Å². The molecule has 1 aromatic carbocycles. The lowest BCUT2D eigenvalue weighted by molar-refractivity contribution is 0.402. The molecule has 0 aliphatic carbocycles. The lowest BCUT2D eigenvalue weighted by atomic mass is 10.1. The summed E-state index contributed by atoms with van der Waals surface area (Å²) >= 11 is 0. The molecule has 0 bridgehead atoms. The molecular formula is C10H12ClFO3S. The van der Waals surface area contributed by atoms with Crippen molar-refractivity contribution in [2.24, 2.45) is 0 Å². The van der Waals surface area contributed by atoms with Crippen molar-refractivity contribution in [3.05, 3.63) is 29.1 Å². The van der Waals surface area contributed by atoms with Crippen LogP contribution < -0.4 is 4.74 Å². The van der Waals surface area contributed by atoms with E-state index in [1.807, 2.05) is 0 Å². The zero-order chi connectivity index (χ0) is 12.3. The second-order valence-corrected chi connectivity index (χ2v) is 6.25. The predicted molar refractivity (Wildman–Crippen MR) is 61.0 cm³/mol. The summed E-state index contributed by atoms with van der Waals surface area (Å²) in [6, 6.07) is 2.79. The summed E-state index contributed by atoms with van der Waals surface area (Å²) in [5.74, 6) is -0.203. The molecule has 90 valence electrons. The zero-order valence-corrected chi connectivity index (χ0v) is 10.5. The van der Waals surface area contributed by atoms with E-state index < -0.39 is 9.05 Å². The standard InChI is InChI=1S/C10H12ClFO3S/c1-7-9(12)4-3-8(10(7)15-2)5-6-16(11,13)14/h3-4H,5-6H2,1-2H3. The van der Waals surface area contributed by atoms with Crippen LogP contribution in [-0.4, -0.2) is 21.3 Å². The van der Waals surface area contributed by atoms with Crippen LogP contribution in [0.2, 0.25) is 0 Å². The molecule has 0 spiro atoms. The monoisotopic (exact) mass is 266 g/mol. The fourth-order valence-corrected chi connectivity index (χ4v) is 2.13. The fraction of sp³-hybridized carbons (Fsp3) is 0.400. The van der Waals surface area contributed by atoms with E-state index in [1.165, 1.54) is 19.2 Å². The van der Waals surface area contributed by atoms with Gasteiger partial charge in [0.15, 0.2) is 0 Å². The van der Waals surface area contributed by atoms with Gasteiger partial charge in [0.25, 0.3) is 0 Å². The highest BCUT2D eigenvalue weighted by molar-refractivity contribution is 8.13. The van der Waals surface area contributed by atoms with Gasteiger partial charge in [0.1, 0.15) is 11.6 Å². The summed E-state index contributed by atoms with van der Waals surface area (Å²) in [6.45, 7) is 1.58. The molecule has 1 aromatic rings. The Balaban J connectivity index is 3.01. The van der Waals surface area contributed by atoms with Crippen molar-refractivity contribution < 1.29 is 17.5 Å². The lowest BCUT2D eigenvalue weighted by Gasteiger charge is -2.11. The van der Waals surface area contributed by atoms with Gasteiger partial charge in [-0.2, -0.15) is 0 Å². The zero-order valence-electron chi connectivity index (χ0n) is 8.96. The van der Waals surface area contributed by atoms with Crippen LogP contribution in [0.4, 0.5) is 4.39 Å². The van der Waals surface area contributed by atoms with Gasteiger partial charge in [0.2, 0.25) is 9.05 Å². The Morgan fingerprint density at radius 1 is 1.44 bits per heavy atom. The molecule has 0 N–H and O–H groups in total. The maximum absolute atomic E-state index is 13.2. The molecule has 0 aliphatic heterocycles. The normalized spacial score (nSPS) is 11.5. The summed E-state index contributed by atoms with van der Waals surface area (Å²) in [7, 11) is 2.98. The highest BCUT2D eigenvalue weighted by Crippen LogP contribution is 2.26. The van der Waals surface area contributed by atoms with Crippen LogP contribution in [0.15, 0.2) is 12.1 Å². The van der Waals surface area contributed by atoms with Crippen molar-refractivity contribution in [3.63, 3.8) is 0 Å². The molecule has 0 amide bonds. The van der Waals surface area contributed by atoms with Crippen LogP contribution >= 0.6 is 10.7 Å². The van der Waals surface area contributed by atoms with E-state index in [9.17, 15) is 12.8 Å². The molecule has 0 radical (unpaired) electrons. The molecule has 0 atom stereocenters. The molecule has 0 saturated heterocycles. The molecule has 0 heterocycles. The van der Waals surface area contributed by atoms with E-state index in [0.717, 1.165) is 0 Å². The summed E-state index contributed by atoms with van der Waals surface area (Å²) in [4.78, 5) is 0. The van der Waals surface area contributed by atoms with Gasteiger partial charge in [-0.25, -0.2) is 12.8 Å². The van der Waals surface area contributed by atoms with Crippen molar-refractivity contribution in [3.8, 4) is 5.75 Å². The number of halogens is 2. The Kier molecular flexibility index (Phi) is 4.15. The third-order valence-corrected chi connectivity index (χ3v) is 3.40. The average molecular weight is 267 g/mol. The maximum atomic E-state index is 13.2. The third-order valence-electron chi connectivity index (χ3n) is 2.24. The Hall–Kier alpha value is -0.810. The molecule has 16 heavy (non-hydrogen) atoms. The molecule has 1 rings (SSSR count). The van der Waals surface area contributed by atoms with E-state index in [0.29, 0.717) is 16.9 Å². The van der Waals surface area contributed by atoms with Gasteiger partial charge in [-0.15, -0.1) is 0 Å². The van der Waals surface area contributed by atoms with Crippen LogP contribution in [-0.2, 0) is 15.5 Å². The van der Waals surface area contributed by atoms with Crippen LogP contribution in [0, 0.1) is 12.7 Å². The molecule has 3 nitrogen and oxygen atoms in total. The van der Waals surface area contributed by atoms with Crippen LogP contribution in [0.3, 0.4) is 0 Å². The number of ether oxygens (including phenoxy) is 1. The van der Waals surface area contributed by atoms with Gasteiger partial charge < -0.3 is 4.74 Å². The van der Waals surface area contributed by atoms with Crippen molar-refractivity contribution >= 4 is 19.7 Å². The summed E-state index contributed by atoms with van der Waals surface area (Å²) < 4.78 is 39.9. The summed E-state index contributed by atoms with van der Waals surface area (Å²) in [5, 5.41) is 0. The topological polar surface area (TPSA) is 43.4 Å². The van der Waals surface area contributed by atoms with Gasteiger partial charge in [0.05, 0.1) is 12.9 Å². The molecular weight excluding hydrogens is 255 g/mol. The highest BCUT2D eigenvalue weighted by Gasteiger charge is 2.13. The number of hydrogen-bond donors (Lipinski definition) is 0.